The van der Waals surface area contributed by atoms with Crippen LogP contribution in [0.15, 0.2) is 36.4 Å². The Morgan fingerprint density at radius 3 is 2.45 bits per heavy atom. The SMILES string of the molecule is COC(=O)c1ccc2nn(C)c(-c3ccc(NC(=O)OC(C)(C)C)cc3C)c2c1. The van der Waals surface area contributed by atoms with E-state index in [1.54, 1.807) is 22.9 Å². The summed E-state index contributed by atoms with van der Waals surface area (Å²) in [5.74, 6) is -0.393. The molecule has 0 aliphatic heterocycles. The van der Waals surface area contributed by atoms with Crippen LogP contribution in [0.3, 0.4) is 0 Å². The summed E-state index contributed by atoms with van der Waals surface area (Å²) in [6.07, 6.45) is -0.502. The molecule has 0 radical (unpaired) electrons. The minimum atomic E-state index is -0.565. The number of esters is 1. The first kappa shape index (κ1) is 20.4. The standard InChI is InChI=1S/C22H25N3O4/c1-13-11-15(23-21(27)29-22(2,3)4)8-9-16(13)19-17-12-14(20(26)28-6)7-10-18(17)24-25(19)5/h7-12H,1-6H3,(H,23,27). The third-order valence-corrected chi connectivity index (χ3v) is 4.38. The molecule has 0 aliphatic carbocycles. The summed E-state index contributed by atoms with van der Waals surface area (Å²) in [5.41, 5.74) is 4.11. The average molecular weight is 395 g/mol. The number of nitrogens with one attached hydrogen (secondary N) is 1. The summed E-state index contributed by atoms with van der Waals surface area (Å²) in [6.45, 7) is 7.41. The second-order valence-corrected chi connectivity index (χ2v) is 7.85. The van der Waals surface area contributed by atoms with Gasteiger partial charge in [0.2, 0.25) is 0 Å². The maximum atomic E-state index is 12.0. The van der Waals surface area contributed by atoms with Crippen LogP contribution in [-0.2, 0) is 16.5 Å². The summed E-state index contributed by atoms with van der Waals surface area (Å²) in [7, 11) is 3.22. The molecule has 1 amide bonds. The number of fused-ring (bicyclic) bond motifs is 1. The first-order chi connectivity index (χ1) is 13.6. The number of carbonyl (C=O) groups excluding carboxylic acids is 2. The zero-order chi connectivity index (χ0) is 21.3. The van der Waals surface area contributed by atoms with Crippen molar-refractivity contribution in [1.82, 2.24) is 9.78 Å². The molecule has 2 aromatic carbocycles. The van der Waals surface area contributed by atoms with Crippen LogP contribution in [0, 0.1) is 6.92 Å². The van der Waals surface area contributed by atoms with Crippen molar-refractivity contribution in [2.75, 3.05) is 12.4 Å². The lowest BCUT2D eigenvalue weighted by atomic mass is 10.0. The van der Waals surface area contributed by atoms with Gasteiger partial charge in [0.25, 0.3) is 0 Å². The van der Waals surface area contributed by atoms with Gasteiger partial charge in [-0.1, -0.05) is 6.07 Å². The smallest absolute Gasteiger partial charge is 0.412 e. The molecule has 0 saturated carbocycles. The normalized spacial score (nSPS) is 11.4. The average Bonchev–Trinajstić information content (AvgIpc) is 2.94. The lowest BCUT2D eigenvalue weighted by Crippen LogP contribution is -2.27. The van der Waals surface area contributed by atoms with Gasteiger partial charge in [-0.15, -0.1) is 0 Å². The highest BCUT2D eigenvalue weighted by molar-refractivity contribution is 6.00. The van der Waals surface area contributed by atoms with Crippen molar-refractivity contribution < 1.29 is 19.1 Å². The van der Waals surface area contributed by atoms with Crippen LogP contribution in [0.1, 0.15) is 36.7 Å². The van der Waals surface area contributed by atoms with Gasteiger partial charge >= 0.3 is 12.1 Å². The number of hydrogen-bond acceptors (Lipinski definition) is 5. The van der Waals surface area contributed by atoms with Crippen molar-refractivity contribution in [2.24, 2.45) is 7.05 Å². The van der Waals surface area contributed by atoms with Gasteiger partial charge in [0.05, 0.1) is 23.9 Å². The predicted octanol–water partition coefficient (Wildman–Crippen LogP) is 4.68. The van der Waals surface area contributed by atoms with Gasteiger partial charge in [0.15, 0.2) is 0 Å². The van der Waals surface area contributed by atoms with Gasteiger partial charge in [0.1, 0.15) is 5.60 Å². The second-order valence-electron chi connectivity index (χ2n) is 7.85. The van der Waals surface area contributed by atoms with E-state index in [1.807, 2.05) is 52.9 Å². The van der Waals surface area contributed by atoms with E-state index in [2.05, 4.69) is 10.4 Å². The second kappa shape index (κ2) is 7.58. The summed E-state index contributed by atoms with van der Waals surface area (Å²) < 4.78 is 11.9. The number of rotatable bonds is 3. The van der Waals surface area contributed by atoms with Crippen LogP contribution in [0.5, 0.6) is 0 Å². The van der Waals surface area contributed by atoms with E-state index in [0.717, 1.165) is 27.7 Å². The molecular weight excluding hydrogens is 370 g/mol. The van der Waals surface area contributed by atoms with Gasteiger partial charge < -0.3 is 9.47 Å². The molecule has 7 nitrogen and oxygen atoms in total. The zero-order valence-electron chi connectivity index (χ0n) is 17.5. The molecule has 3 rings (SSSR count). The molecular formula is C22H25N3O4. The maximum Gasteiger partial charge on any atom is 0.412 e. The minimum absolute atomic E-state index is 0.393. The van der Waals surface area contributed by atoms with Gasteiger partial charge in [-0.2, -0.15) is 5.10 Å². The largest absolute Gasteiger partial charge is 0.465 e. The van der Waals surface area contributed by atoms with Gasteiger partial charge in [0, 0.05) is 23.7 Å². The van der Waals surface area contributed by atoms with Crippen molar-refractivity contribution in [1.29, 1.82) is 0 Å². The number of hydrogen-bond donors (Lipinski definition) is 1. The number of carbonyl (C=O) groups is 2. The Morgan fingerprint density at radius 1 is 1.10 bits per heavy atom. The van der Waals surface area contributed by atoms with Crippen molar-refractivity contribution in [3.63, 3.8) is 0 Å². The van der Waals surface area contributed by atoms with Crippen molar-refractivity contribution in [2.45, 2.75) is 33.3 Å². The molecule has 0 unspecified atom stereocenters. The van der Waals surface area contributed by atoms with E-state index < -0.39 is 17.7 Å². The van der Waals surface area contributed by atoms with E-state index in [9.17, 15) is 9.59 Å². The lowest BCUT2D eigenvalue weighted by Gasteiger charge is -2.20. The van der Waals surface area contributed by atoms with Crippen LogP contribution >= 0.6 is 0 Å². The van der Waals surface area contributed by atoms with Gasteiger partial charge in [-0.25, -0.2) is 9.59 Å². The molecule has 0 aliphatic rings. The quantitative estimate of drug-likeness (QED) is 0.651. The molecule has 152 valence electrons. The van der Waals surface area contributed by atoms with Crippen molar-refractivity contribution in [3.05, 3.63) is 47.5 Å². The number of anilines is 1. The minimum Gasteiger partial charge on any atom is -0.465 e. The van der Waals surface area contributed by atoms with Crippen LogP contribution in [-0.4, -0.2) is 34.6 Å². The Bertz CT molecular complexity index is 1090. The van der Waals surface area contributed by atoms with E-state index in [-0.39, 0.29) is 0 Å². The van der Waals surface area contributed by atoms with Crippen LogP contribution in [0.2, 0.25) is 0 Å². The highest BCUT2D eigenvalue weighted by atomic mass is 16.6. The third-order valence-electron chi connectivity index (χ3n) is 4.38. The summed E-state index contributed by atoms with van der Waals surface area (Å²) >= 11 is 0. The third kappa shape index (κ3) is 4.39. The maximum absolute atomic E-state index is 12.0. The zero-order valence-corrected chi connectivity index (χ0v) is 17.5. The van der Waals surface area contributed by atoms with Crippen LogP contribution < -0.4 is 5.32 Å². The Kier molecular flexibility index (Phi) is 5.33. The number of ether oxygens (including phenoxy) is 2. The molecule has 29 heavy (non-hydrogen) atoms. The lowest BCUT2D eigenvalue weighted by molar-refractivity contribution is 0.0598. The first-order valence-electron chi connectivity index (χ1n) is 9.25. The number of amides is 1. The molecule has 0 spiro atoms. The van der Waals surface area contributed by atoms with Crippen LogP contribution in [0.4, 0.5) is 10.5 Å². The highest BCUT2D eigenvalue weighted by Gasteiger charge is 2.18. The Hall–Kier alpha value is -3.35. The Balaban J connectivity index is 1.98. The first-order valence-corrected chi connectivity index (χ1v) is 9.25. The summed E-state index contributed by atoms with van der Waals surface area (Å²) in [4.78, 5) is 23.9. The summed E-state index contributed by atoms with van der Waals surface area (Å²) in [6, 6.07) is 10.9. The topological polar surface area (TPSA) is 82.5 Å². The Labute approximate surface area is 169 Å². The number of nitrogens with zero attached hydrogens (tertiary/aromatic N) is 2. The summed E-state index contributed by atoms with van der Waals surface area (Å²) in [5, 5.41) is 8.15. The van der Waals surface area contributed by atoms with E-state index in [0.29, 0.717) is 11.3 Å². The fourth-order valence-electron chi connectivity index (χ4n) is 3.19. The van der Waals surface area contributed by atoms with Gasteiger partial charge in [-0.05, 0) is 63.6 Å². The molecule has 0 saturated heterocycles. The fourth-order valence-corrected chi connectivity index (χ4v) is 3.19. The molecule has 0 bridgehead atoms. The predicted molar refractivity (Wildman–Crippen MR) is 112 cm³/mol. The van der Waals surface area contributed by atoms with Crippen molar-refractivity contribution >= 4 is 28.7 Å². The Morgan fingerprint density at radius 2 is 1.83 bits per heavy atom. The van der Waals surface area contributed by atoms with Crippen LogP contribution in [0.25, 0.3) is 22.2 Å². The molecule has 7 heteroatoms. The van der Waals surface area contributed by atoms with E-state index >= 15 is 0 Å². The molecule has 0 fully saturated rings. The van der Waals surface area contributed by atoms with E-state index in [4.69, 9.17) is 9.47 Å². The van der Waals surface area contributed by atoms with E-state index in [1.165, 1.54) is 7.11 Å². The van der Waals surface area contributed by atoms with Gasteiger partial charge in [-0.3, -0.25) is 10.00 Å². The molecule has 0 atom stereocenters. The number of aromatic nitrogens is 2. The number of benzene rings is 2. The molecule has 1 N–H and O–H groups in total. The number of methoxy groups -OCH3 is 1. The van der Waals surface area contributed by atoms with Crippen molar-refractivity contribution in [3.8, 4) is 11.3 Å². The highest BCUT2D eigenvalue weighted by Crippen LogP contribution is 2.32. The fraction of sp³-hybridized carbons (Fsp3) is 0.318. The molecule has 3 aromatic rings. The number of aryl methyl sites for hydroxylation is 2. The monoisotopic (exact) mass is 395 g/mol. The molecule has 1 heterocycles. The molecule has 1 aromatic heterocycles.